The van der Waals surface area contributed by atoms with Gasteiger partial charge in [0.05, 0.1) is 23.2 Å². The standard InChI is InChI=1S/C30H26Cl2IN3O5S/c1-40-28-17-22(15-26(32)29(28)41-19-21-7-9-23(31)10-8-21)18-34-35-30(37)27(16-20-5-3-2-4-6-20)36-42(38,39)25-13-11-24(33)12-14-25/h2-15,17-18,27,36H,16,19H2,1H3,(H,35,37)/b34-18-/t27-/m1/s1. The van der Waals surface area contributed by atoms with Crippen LogP contribution in [0.1, 0.15) is 16.7 Å². The molecular formula is C30H26Cl2IN3O5S. The van der Waals surface area contributed by atoms with Crippen LogP contribution in [-0.4, -0.2) is 33.7 Å². The maximum absolute atomic E-state index is 13.2. The first-order valence-corrected chi connectivity index (χ1v) is 15.9. The first-order chi connectivity index (χ1) is 20.1. The van der Waals surface area contributed by atoms with Crippen molar-refractivity contribution in [3.05, 3.63) is 121 Å². The van der Waals surface area contributed by atoms with E-state index in [2.05, 4.69) is 37.8 Å². The number of hydrogen-bond donors (Lipinski definition) is 2. The molecule has 0 aliphatic heterocycles. The van der Waals surface area contributed by atoms with Crippen molar-refractivity contribution in [2.24, 2.45) is 5.10 Å². The lowest BCUT2D eigenvalue weighted by Gasteiger charge is -2.17. The van der Waals surface area contributed by atoms with E-state index in [9.17, 15) is 13.2 Å². The van der Waals surface area contributed by atoms with Gasteiger partial charge in [-0.1, -0.05) is 65.7 Å². The number of nitrogens with one attached hydrogen (secondary N) is 2. The Morgan fingerprint density at radius 1 is 0.976 bits per heavy atom. The van der Waals surface area contributed by atoms with Crippen LogP contribution in [-0.2, 0) is 27.8 Å². The summed E-state index contributed by atoms with van der Waals surface area (Å²) in [7, 11) is -2.50. The maximum Gasteiger partial charge on any atom is 0.258 e. The number of carbonyl (C=O) groups excluding carboxylic acids is 1. The monoisotopic (exact) mass is 737 g/mol. The summed E-state index contributed by atoms with van der Waals surface area (Å²) >= 11 is 14.5. The molecule has 0 bridgehead atoms. The third kappa shape index (κ3) is 8.92. The highest BCUT2D eigenvalue weighted by Crippen LogP contribution is 2.36. The van der Waals surface area contributed by atoms with Crippen molar-refractivity contribution in [2.45, 2.75) is 24.0 Å². The van der Waals surface area contributed by atoms with Crippen molar-refractivity contribution in [2.75, 3.05) is 7.11 Å². The Bertz CT molecular complexity index is 1650. The topological polar surface area (TPSA) is 106 Å². The maximum atomic E-state index is 13.2. The van der Waals surface area contributed by atoms with Crippen molar-refractivity contribution in [3.63, 3.8) is 0 Å². The van der Waals surface area contributed by atoms with E-state index in [4.69, 9.17) is 32.7 Å². The summed E-state index contributed by atoms with van der Waals surface area (Å²) in [5.74, 6) is 0.0879. The number of methoxy groups -OCH3 is 1. The fraction of sp³-hybridized carbons (Fsp3) is 0.133. The van der Waals surface area contributed by atoms with Crippen LogP contribution in [0, 0.1) is 3.57 Å². The molecule has 0 radical (unpaired) electrons. The van der Waals surface area contributed by atoms with Crippen LogP contribution in [0.2, 0.25) is 10.0 Å². The molecule has 4 aromatic carbocycles. The molecular weight excluding hydrogens is 712 g/mol. The Labute approximate surface area is 268 Å². The molecule has 0 fully saturated rings. The van der Waals surface area contributed by atoms with Crippen LogP contribution in [0.4, 0.5) is 0 Å². The van der Waals surface area contributed by atoms with Crippen molar-refractivity contribution in [3.8, 4) is 11.5 Å². The molecule has 4 rings (SSSR count). The fourth-order valence-electron chi connectivity index (χ4n) is 3.85. The molecule has 42 heavy (non-hydrogen) atoms. The lowest BCUT2D eigenvalue weighted by Crippen LogP contribution is -2.46. The van der Waals surface area contributed by atoms with Gasteiger partial charge in [0.1, 0.15) is 12.6 Å². The van der Waals surface area contributed by atoms with Crippen molar-refractivity contribution >= 4 is 67.9 Å². The van der Waals surface area contributed by atoms with Gasteiger partial charge < -0.3 is 9.47 Å². The number of ether oxygens (including phenoxy) is 2. The van der Waals surface area contributed by atoms with E-state index in [1.54, 1.807) is 36.4 Å². The minimum Gasteiger partial charge on any atom is -0.493 e. The first kappa shape index (κ1) is 31.8. The van der Waals surface area contributed by atoms with E-state index in [1.807, 2.05) is 42.5 Å². The summed E-state index contributed by atoms with van der Waals surface area (Å²) in [6.07, 6.45) is 1.49. The molecule has 0 unspecified atom stereocenters. The Morgan fingerprint density at radius 2 is 1.67 bits per heavy atom. The second kappa shape index (κ2) is 14.8. The van der Waals surface area contributed by atoms with Gasteiger partial charge in [-0.2, -0.15) is 9.82 Å². The highest BCUT2D eigenvalue weighted by Gasteiger charge is 2.26. The molecule has 0 spiro atoms. The first-order valence-electron chi connectivity index (χ1n) is 12.5. The quantitative estimate of drug-likeness (QED) is 0.102. The van der Waals surface area contributed by atoms with Crippen molar-refractivity contribution in [1.82, 2.24) is 10.1 Å². The molecule has 2 N–H and O–H groups in total. The number of nitrogens with zero attached hydrogens (tertiary/aromatic N) is 1. The molecule has 0 aliphatic rings. The van der Waals surface area contributed by atoms with Crippen LogP contribution in [0.5, 0.6) is 11.5 Å². The zero-order valence-electron chi connectivity index (χ0n) is 22.3. The van der Waals surface area contributed by atoms with E-state index in [1.165, 1.54) is 25.5 Å². The molecule has 4 aromatic rings. The van der Waals surface area contributed by atoms with E-state index in [0.29, 0.717) is 22.1 Å². The van der Waals surface area contributed by atoms with Gasteiger partial charge in [0, 0.05) is 8.59 Å². The SMILES string of the molecule is COc1cc(/C=N\NC(=O)[C@@H](Cc2ccccc2)NS(=O)(=O)c2ccc(I)cc2)cc(Cl)c1OCc1ccc(Cl)cc1. The van der Waals surface area contributed by atoms with Gasteiger partial charge in [0.2, 0.25) is 10.0 Å². The van der Waals surface area contributed by atoms with Gasteiger partial charge in [0.15, 0.2) is 11.5 Å². The molecule has 1 atom stereocenters. The smallest absolute Gasteiger partial charge is 0.258 e. The van der Waals surface area contributed by atoms with E-state index >= 15 is 0 Å². The summed E-state index contributed by atoms with van der Waals surface area (Å²) in [6.45, 7) is 0.248. The molecule has 218 valence electrons. The van der Waals surface area contributed by atoms with Gasteiger partial charge >= 0.3 is 0 Å². The Morgan fingerprint density at radius 3 is 2.33 bits per heavy atom. The minimum absolute atomic E-state index is 0.0531. The lowest BCUT2D eigenvalue weighted by molar-refractivity contribution is -0.122. The normalized spacial score (nSPS) is 12.2. The van der Waals surface area contributed by atoms with E-state index in [-0.39, 0.29) is 22.9 Å². The number of sulfonamides is 1. The highest BCUT2D eigenvalue weighted by atomic mass is 127. The number of hydrogen-bond acceptors (Lipinski definition) is 6. The molecule has 0 aromatic heterocycles. The van der Waals surface area contributed by atoms with Crippen LogP contribution in [0.25, 0.3) is 0 Å². The summed E-state index contributed by atoms with van der Waals surface area (Å²) in [4.78, 5) is 13.2. The Kier molecular flexibility index (Phi) is 11.2. The van der Waals surface area contributed by atoms with Crippen molar-refractivity contribution < 1.29 is 22.7 Å². The number of amides is 1. The van der Waals surface area contributed by atoms with Crippen LogP contribution in [0.3, 0.4) is 0 Å². The van der Waals surface area contributed by atoms with Gasteiger partial charge in [0.25, 0.3) is 5.91 Å². The Hall–Kier alpha value is -3.16. The predicted octanol–water partition coefficient (Wildman–Crippen LogP) is 6.23. The number of hydrazone groups is 1. The number of benzene rings is 4. The van der Waals surface area contributed by atoms with Crippen LogP contribution < -0.4 is 19.6 Å². The third-order valence-electron chi connectivity index (χ3n) is 5.96. The fourth-order valence-corrected chi connectivity index (χ4v) is 5.80. The molecule has 1 amide bonds. The third-order valence-corrected chi connectivity index (χ3v) is 8.70. The molecule has 0 saturated carbocycles. The number of rotatable bonds is 12. The predicted molar refractivity (Wildman–Crippen MR) is 173 cm³/mol. The zero-order valence-corrected chi connectivity index (χ0v) is 26.7. The van der Waals surface area contributed by atoms with E-state index < -0.39 is 22.0 Å². The molecule has 12 heteroatoms. The summed E-state index contributed by atoms with van der Waals surface area (Å²) in [6, 6.07) is 24.8. The highest BCUT2D eigenvalue weighted by molar-refractivity contribution is 14.1. The van der Waals surface area contributed by atoms with Crippen molar-refractivity contribution in [1.29, 1.82) is 0 Å². The number of carbonyl (C=O) groups is 1. The van der Waals surface area contributed by atoms with Gasteiger partial charge in [-0.05, 0) is 94.2 Å². The second-order valence-corrected chi connectivity index (χ2v) is 12.8. The molecule has 0 aliphatic carbocycles. The number of halogens is 3. The largest absolute Gasteiger partial charge is 0.493 e. The van der Waals surface area contributed by atoms with Gasteiger partial charge in [-0.25, -0.2) is 13.8 Å². The lowest BCUT2D eigenvalue weighted by atomic mass is 10.1. The summed E-state index contributed by atoms with van der Waals surface area (Å²) in [5, 5.41) is 4.94. The molecule has 0 saturated heterocycles. The summed E-state index contributed by atoms with van der Waals surface area (Å²) in [5.41, 5.74) is 4.63. The second-order valence-electron chi connectivity index (χ2n) is 9.00. The average molecular weight is 738 g/mol. The Balaban J connectivity index is 1.48. The average Bonchev–Trinajstić information content (AvgIpc) is 2.97. The van der Waals surface area contributed by atoms with Gasteiger partial charge in [-0.3, -0.25) is 4.79 Å². The van der Waals surface area contributed by atoms with Crippen LogP contribution >= 0.6 is 45.8 Å². The molecule has 8 nitrogen and oxygen atoms in total. The molecule has 0 heterocycles. The zero-order chi connectivity index (χ0) is 30.1. The van der Waals surface area contributed by atoms with Gasteiger partial charge in [-0.15, -0.1) is 0 Å². The summed E-state index contributed by atoms with van der Waals surface area (Å²) < 4.78 is 40.9. The van der Waals surface area contributed by atoms with E-state index in [0.717, 1.165) is 14.7 Å². The minimum atomic E-state index is -3.99. The van der Waals surface area contributed by atoms with Crippen LogP contribution in [0.15, 0.2) is 101 Å².